The Morgan fingerprint density at radius 2 is 2.00 bits per heavy atom. The fraction of sp³-hybridized carbons (Fsp3) is 0.500. The third kappa shape index (κ3) is 1.72. The van der Waals surface area contributed by atoms with Crippen molar-refractivity contribution in [1.29, 1.82) is 0 Å². The van der Waals surface area contributed by atoms with Crippen LogP contribution in [0.4, 0.5) is 0 Å². The molecule has 0 aliphatic rings. The smallest absolute Gasteiger partial charge is 0.0274 e. The molecule has 0 bridgehead atoms. The quantitative estimate of drug-likeness (QED) is 0.629. The first-order chi connectivity index (χ1) is 4.52. The van der Waals surface area contributed by atoms with Crippen molar-refractivity contribution in [3.05, 3.63) is 19.9 Å². The van der Waals surface area contributed by atoms with Crippen LogP contribution in [0.3, 0.4) is 0 Å². The van der Waals surface area contributed by atoms with Crippen LogP contribution in [0.15, 0.2) is 11.4 Å². The van der Waals surface area contributed by atoms with Crippen LogP contribution < -0.4 is 0 Å². The lowest BCUT2D eigenvalue weighted by Gasteiger charge is -2.16. The minimum absolute atomic E-state index is 0.324. The summed E-state index contributed by atoms with van der Waals surface area (Å²) >= 11 is 4.24. The van der Waals surface area contributed by atoms with Crippen LogP contribution in [0.5, 0.6) is 0 Å². The van der Waals surface area contributed by atoms with E-state index in [1.807, 2.05) is 11.3 Å². The first-order valence-electron chi connectivity index (χ1n) is 3.25. The lowest BCUT2D eigenvalue weighted by Crippen LogP contribution is -2.09. The maximum atomic E-state index is 2.39. The molecule has 0 aliphatic carbocycles. The minimum atomic E-state index is 0.324. The highest BCUT2D eigenvalue weighted by atomic mass is 127. The van der Waals surface area contributed by atoms with Crippen LogP contribution >= 0.6 is 33.9 Å². The molecule has 2 heteroatoms. The van der Waals surface area contributed by atoms with Crippen LogP contribution in [0, 0.1) is 3.57 Å². The van der Waals surface area contributed by atoms with Crippen molar-refractivity contribution in [2.45, 2.75) is 26.2 Å². The highest BCUT2D eigenvalue weighted by molar-refractivity contribution is 14.1. The summed E-state index contributed by atoms with van der Waals surface area (Å²) in [4.78, 5) is 1.49. The Morgan fingerprint density at radius 1 is 1.40 bits per heavy atom. The predicted molar refractivity (Wildman–Crippen MR) is 55.7 cm³/mol. The molecule has 0 saturated carbocycles. The zero-order valence-corrected chi connectivity index (χ0v) is 9.41. The van der Waals surface area contributed by atoms with Gasteiger partial charge in [-0.1, -0.05) is 20.8 Å². The summed E-state index contributed by atoms with van der Waals surface area (Å²) in [5.41, 5.74) is 0.324. The van der Waals surface area contributed by atoms with Crippen molar-refractivity contribution < 1.29 is 0 Å². The topological polar surface area (TPSA) is 0 Å². The van der Waals surface area contributed by atoms with E-state index in [9.17, 15) is 0 Å². The Hall–Kier alpha value is 0.430. The lowest BCUT2D eigenvalue weighted by atomic mass is 9.95. The highest BCUT2D eigenvalue weighted by Gasteiger charge is 2.17. The maximum absolute atomic E-state index is 2.39. The van der Waals surface area contributed by atoms with Crippen LogP contribution in [0.2, 0.25) is 0 Å². The average molecular weight is 266 g/mol. The van der Waals surface area contributed by atoms with E-state index in [0.29, 0.717) is 5.41 Å². The fourth-order valence-corrected chi connectivity index (χ4v) is 3.32. The lowest BCUT2D eigenvalue weighted by molar-refractivity contribution is 0.601. The summed E-state index contributed by atoms with van der Waals surface area (Å²) < 4.78 is 1.40. The van der Waals surface area contributed by atoms with Gasteiger partial charge in [-0.15, -0.1) is 11.3 Å². The summed E-state index contributed by atoms with van der Waals surface area (Å²) in [6.45, 7) is 6.75. The van der Waals surface area contributed by atoms with Crippen molar-refractivity contribution in [2.75, 3.05) is 0 Å². The van der Waals surface area contributed by atoms with E-state index in [1.165, 1.54) is 8.45 Å². The van der Waals surface area contributed by atoms with Gasteiger partial charge in [-0.3, -0.25) is 0 Å². The van der Waals surface area contributed by atoms with Gasteiger partial charge in [0, 0.05) is 8.45 Å². The van der Waals surface area contributed by atoms with Gasteiger partial charge >= 0.3 is 0 Å². The van der Waals surface area contributed by atoms with Crippen molar-refractivity contribution in [1.82, 2.24) is 0 Å². The minimum Gasteiger partial charge on any atom is -0.147 e. The van der Waals surface area contributed by atoms with Gasteiger partial charge in [0.2, 0.25) is 0 Å². The predicted octanol–water partition coefficient (Wildman–Crippen LogP) is 3.65. The second-order valence-electron chi connectivity index (χ2n) is 3.35. The van der Waals surface area contributed by atoms with Crippen LogP contribution in [0.1, 0.15) is 25.6 Å². The molecule has 0 N–H and O–H groups in total. The van der Waals surface area contributed by atoms with E-state index >= 15 is 0 Å². The summed E-state index contributed by atoms with van der Waals surface area (Å²) in [7, 11) is 0. The molecule has 0 aliphatic heterocycles. The van der Waals surface area contributed by atoms with Crippen molar-refractivity contribution in [3.8, 4) is 0 Å². The first-order valence-corrected chi connectivity index (χ1v) is 5.21. The van der Waals surface area contributed by atoms with Crippen molar-refractivity contribution >= 4 is 33.9 Å². The molecule has 1 rings (SSSR count). The van der Waals surface area contributed by atoms with E-state index in [4.69, 9.17) is 0 Å². The van der Waals surface area contributed by atoms with Gasteiger partial charge in [0.25, 0.3) is 0 Å². The third-order valence-electron chi connectivity index (χ3n) is 1.30. The summed E-state index contributed by atoms with van der Waals surface area (Å²) in [5.74, 6) is 0. The Kier molecular flexibility index (Phi) is 2.40. The molecule has 0 radical (unpaired) electrons. The fourth-order valence-electron chi connectivity index (χ4n) is 0.829. The Balaban J connectivity index is 3.05. The van der Waals surface area contributed by atoms with Gasteiger partial charge in [0.1, 0.15) is 0 Å². The summed E-state index contributed by atoms with van der Waals surface area (Å²) in [5, 5.41) is 2.16. The Bertz CT molecular complexity index is 219. The van der Waals surface area contributed by atoms with Gasteiger partial charge in [-0.05, 0) is 39.5 Å². The molecule has 0 unspecified atom stereocenters. The molecule has 0 spiro atoms. The Morgan fingerprint density at radius 3 is 2.20 bits per heavy atom. The second-order valence-corrected chi connectivity index (χ2v) is 5.43. The molecule has 0 fully saturated rings. The first kappa shape index (κ1) is 8.53. The zero-order chi connectivity index (χ0) is 7.78. The second kappa shape index (κ2) is 2.81. The maximum Gasteiger partial charge on any atom is 0.0274 e. The van der Waals surface area contributed by atoms with E-state index < -0.39 is 0 Å². The van der Waals surface area contributed by atoms with Gasteiger partial charge < -0.3 is 0 Å². The van der Waals surface area contributed by atoms with Crippen molar-refractivity contribution in [2.24, 2.45) is 0 Å². The van der Waals surface area contributed by atoms with Crippen LogP contribution in [-0.2, 0) is 5.41 Å². The van der Waals surface area contributed by atoms with Gasteiger partial charge in [0.05, 0.1) is 0 Å². The largest absolute Gasteiger partial charge is 0.147 e. The molecule has 56 valence electrons. The van der Waals surface area contributed by atoms with E-state index in [2.05, 4.69) is 54.8 Å². The average Bonchev–Trinajstić information content (AvgIpc) is 2.11. The van der Waals surface area contributed by atoms with Crippen LogP contribution in [-0.4, -0.2) is 0 Å². The normalized spacial score (nSPS) is 12.0. The van der Waals surface area contributed by atoms with Gasteiger partial charge in [-0.2, -0.15) is 0 Å². The molecular weight excluding hydrogens is 255 g/mol. The molecular formula is C8H11IS. The number of thiophene rings is 1. The molecule has 10 heavy (non-hydrogen) atoms. The number of halogens is 1. The number of hydrogen-bond donors (Lipinski definition) is 0. The van der Waals surface area contributed by atoms with E-state index in [0.717, 1.165) is 0 Å². The molecule has 0 atom stereocenters. The van der Waals surface area contributed by atoms with Gasteiger partial charge in [-0.25, -0.2) is 0 Å². The SMILES string of the molecule is CC(C)(C)c1sccc1I. The molecule has 1 heterocycles. The number of rotatable bonds is 0. The molecule has 1 aromatic rings. The van der Waals surface area contributed by atoms with E-state index in [-0.39, 0.29) is 0 Å². The van der Waals surface area contributed by atoms with E-state index in [1.54, 1.807) is 0 Å². The van der Waals surface area contributed by atoms with Crippen LogP contribution in [0.25, 0.3) is 0 Å². The third-order valence-corrected chi connectivity index (χ3v) is 3.90. The summed E-state index contributed by atoms with van der Waals surface area (Å²) in [6, 6.07) is 2.17. The molecule has 0 amide bonds. The monoisotopic (exact) mass is 266 g/mol. The molecule has 1 aromatic heterocycles. The summed E-state index contributed by atoms with van der Waals surface area (Å²) in [6.07, 6.45) is 0. The highest BCUT2D eigenvalue weighted by Crippen LogP contribution is 2.31. The van der Waals surface area contributed by atoms with Crippen molar-refractivity contribution in [3.63, 3.8) is 0 Å². The molecule has 0 nitrogen and oxygen atoms in total. The number of hydrogen-bond acceptors (Lipinski definition) is 1. The zero-order valence-electron chi connectivity index (χ0n) is 6.44. The molecule has 0 saturated heterocycles. The molecule has 0 aromatic carbocycles. The standard InChI is InChI=1S/C8H11IS/c1-8(2,3)7-6(9)4-5-10-7/h4-5H,1-3H3. The Labute approximate surface area is 79.8 Å². The van der Waals surface area contributed by atoms with Gasteiger partial charge in [0.15, 0.2) is 0 Å².